The first kappa shape index (κ1) is 28.8. The lowest BCUT2D eigenvalue weighted by Gasteiger charge is -2.41. The van der Waals surface area contributed by atoms with E-state index in [0.717, 1.165) is 10.1 Å². The Kier molecular flexibility index (Phi) is 7.66. The molecule has 1 aliphatic heterocycles. The number of benzene rings is 1. The number of aromatic nitrogens is 3. The van der Waals surface area contributed by atoms with Crippen molar-refractivity contribution in [3.63, 3.8) is 0 Å². The number of aliphatic hydroxyl groups excluding tert-OH is 1. The summed E-state index contributed by atoms with van der Waals surface area (Å²) in [5.41, 5.74) is -1.41. The van der Waals surface area contributed by atoms with Gasteiger partial charge in [-0.25, -0.2) is 14.3 Å². The fourth-order valence-corrected chi connectivity index (χ4v) is 6.53. The van der Waals surface area contributed by atoms with Crippen LogP contribution in [-0.4, -0.2) is 62.4 Å². The minimum absolute atomic E-state index is 0.0475. The smallest absolute Gasteiger partial charge is 0.333 e. The molecule has 5 rings (SSSR count). The number of methoxy groups -OCH3 is 1. The molecule has 41 heavy (non-hydrogen) atoms. The van der Waals surface area contributed by atoms with Crippen molar-refractivity contribution < 1.29 is 23.8 Å². The Morgan fingerprint density at radius 3 is 2.56 bits per heavy atom. The van der Waals surface area contributed by atoms with Crippen LogP contribution in [0.2, 0.25) is 0 Å². The summed E-state index contributed by atoms with van der Waals surface area (Å²) < 4.78 is 20.0. The molecule has 0 spiro atoms. The van der Waals surface area contributed by atoms with Crippen LogP contribution in [0.15, 0.2) is 50.7 Å². The Bertz CT molecular complexity index is 1690. The molecule has 0 aliphatic carbocycles. The average molecular weight is 583 g/mol. The van der Waals surface area contributed by atoms with Crippen molar-refractivity contribution in [3.8, 4) is 16.5 Å². The van der Waals surface area contributed by atoms with Gasteiger partial charge in [0.05, 0.1) is 42.3 Å². The minimum Gasteiger partial charge on any atom is -0.496 e. The van der Waals surface area contributed by atoms with Crippen molar-refractivity contribution in [2.45, 2.75) is 65.0 Å². The third kappa shape index (κ3) is 5.00. The van der Waals surface area contributed by atoms with Crippen molar-refractivity contribution in [2.75, 3.05) is 20.2 Å². The largest absolute Gasteiger partial charge is 0.496 e. The Hall–Kier alpha value is -3.74. The van der Waals surface area contributed by atoms with Gasteiger partial charge >= 0.3 is 5.69 Å². The van der Waals surface area contributed by atoms with E-state index in [4.69, 9.17) is 13.9 Å². The number of β-amino-alcohol motifs (C(OH)–C–C–N with tert-alkyl or cyclic N) is 1. The van der Waals surface area contributed by atoms with Crippen LogP contribution in [0.25, 0.3) is 21.0 Å². The van der Waals surface area contributed by atoms with Crippen molar-refractivity contribution >= 4 is 27.5 Å². The lowest BCUT2D eigenvalue weighted by atomic mass is 9.99. The molecule has 0 saturated carbocycles. The Morgan fingerprint density at radius 1 is 1.24 bits per heavy atom. The van der Waals surface area contributed by atoms with Gasteiger partial charge in [-0.1, -0.05) is 18.2 Å². The molecule has 1 N–H and O–H groups in total. The number of rotatable bonds is 9. The second-order valence-electron chi connectivity index (χ2n) is 10.9. The van der Waals surface area contributed by atoms with Crippen molar-refractivity contribution in [1.82, 2.24) is 19.0 Å². The number of hydrogen-bond acceptors (Lipinski definition) is 9. The monoisotopic (exact) mass is 582 g/mol. The van der Waals surface area contributed by atoms with E-state index in [1.165, 1.54) is 33.3 Å². The zero-order valence-corrected chi connectivity index (χ0v) is 24.7. The van der Waals surface area contributed by atoms with E-state index in [0.29, 0.717) is 32.3 Å². The molecule has 12 heteroatoms. The summed E-state index contributed by atoms with van der Waals surface area (Å²) in [5.74, 6) is 0.511. The topological polar surface area (TPSA) is 129 Å². The summed E-state index contributed by atoms with van der Waals surface area (Å²) in [7, 11) is 1.57. The first-order valence-electron chi connectivity index (χ1n) is 13.4. The summed E-state index contributed by atoms with van der Waals surface area (Å²) >= 11 is 1.23. The number of nitrogens with zero attached hydrogens (tertiary/aromatic N) is 4. The van der Waals surface area contributed by atoms with Gasteiger partial charge in [0.15, 0.2) is 0 Å². The van der Waals surface area contributed by atoms with E-state index in [2.05, 4.69) is 4.98 Å². The lowest BCUT2D eigenvalue weighted by Crippen LogP contribution is -2.62. The molecule has 0 bridgehead atoms. The molecule has 1 aromatic carbocycles. The van der Waals surface area contributed by atoms with Crippen LogP contribution in [-0.2, 0) is 21.6 Å². The number of amides is 1. The number of ether oxygens (including phenoxy) is 2. The minimum atomic E-state index is -1.53. The molecular formula is C29H34N4O7S. The molecule has 218 valence electrons. The van der Waals surface area contributed by atoms with E-state index in [-0.39, 0.29) is 25.7 Å². The predicted molar refractivity (Wildman–Crippen MR) is 154 cm³/mol. The van der Waals surface area contributed by atoms with E-state index >= 15 is 0 Å². The first-order chi connectivity index (χ1) is 19.4. The number of thiophene rings is 1. The molecule has 1 unspecified atom stereocenters. The van der Waals surface area contributed by atoms with E-state index in [9.17, 15) is 19.5 Å². The third-order valence-corrected chi connectivity index (χ3v) is 8.64. The lowest BCUT2D eigenvalue weighted by molar-refractivity contribution is -0.149. The molecule has 1 aliphatic rings. The summed E-state index contributed by atoms with van der Waals surface area (Å²) in [6.07, 6.45) is 1.54. The third-order valence-electron chi connectivity index (χ3n) is 7.34. The van der Waals surface area contributed by atoms with E-state index in [1.807, 2.05) is 38.1 Å². The van der Waals surface area contributed by atoms with Crippen LogP contribution in [0.5, 0.6) is 5.75 Å². The molecule has 4 aromatic rings. The van der Waals surface area contributed by atoms with Gasteiger partial charge in [-0.2, -0.15) is 0 Å². The summed E-state index contributed by atoms with van der Waals surface area (Å²) in [5, 5.41) is 10.1. The fraction of sp³-hybridized carbons (Fsp3) is 0.448. The maximum Gasteiger partial charge on any atom is 0.333 e. The van der Waals surface area contributed by atoms with Crippen LogP contribution >= 0.6 is 11.3 Å². The summed E-state index contributed by atoms with van der Waals surface area (Å²) in [4.78, 5) is 48.8. The van der Waals surface area contributed by atoms with Gasteiger partial charge in [-0.3, -0.25) is 14.2 Å². The number of aryl methyl sites for hydroxylation is 1. The quantitative estimate of drug-likeness (QED) is 0.318. The highest BCUT2D eigenvalue weighted by Gasteiger charge is 2.42. The van der Waals surface area contributed by atoms with Gasteiger partial charge in [0.2, 0.25) is 11.8 Å². The number of carbonyl (C=O) groups excluding carboxylic acids is 1. The zero-order chi connectivity index (χ0) is 29.6. The van der Waals surface area contributed by atoms with Crippen molar-refractivity contribution in [3.05, 3.63) is 68.7 Å². The van der Waals surface area contributed by atoms with Crippen LogP contribution < -0.4 is 16.0 Å². The molecule has 1 saturated heterocycles. The Morgan fingerprint density at radius 2 is 1.95 bits per heavy atom. The highest BCUT2D eigenvalue weighted by Crippen LogP contribution is 2.37. The maximum absolute atomic E-state index is 14.3. The highest BCUT2D eigenvalue weighted by atomic mass is 32.1. The van der Waals surface area contributed by atoms with Crippen LogP contribution in [0.3, 0.4) is 0 Å². The molecule has 3 aromatic heterocycles. The van der Waals surface area contributed by atoms with Crippen molar-refractivity contribution in [1.29, 1.82) is 0 Å². The zero-order valence-electron chi connectivity index (χ0n) is 23.9. The van der Waals surface area contributed by atoms with Gasteiger partial charge in [0.1, 0.15) is 28.5 Å². The standard InChI is InChI=1S/C29H34N4O7S/c1-16(2)40-21(19-9-7-8-10-20(19)38-6)15-32-26-22(17(3)23(41-26)24-30-11-12-39-24)25(35)33(28(32)37)29(4,5)27(36)31-13-18(34)14-31/h7-12,16,18,21,34H,13-15H2,1-6H3. The van der Waals surface area contributed by atoms with Gasteiger partial charge in [-0.05, 0) is 46.2 Å². The number of hydrogen-bond donors (Lipinski definition) is 1. The second kappa shape index (κ2) is 10.9. The molecular weight excluding hydrogens is 548 g/mol. The Labute approximate surface area is 240 Å². The highest BCUT2D eigenvalue weighted by molar-refractivity contribution is 7.22. The summed E-state index contributed by atoms with van der Waals surface area (Å²) in [6, 6.07) is 7.42. The van der Waals surface area contributed by atoms with Crippen molar-refractivity contribution in [2.24, 2.45) is 0 Å². The number of likely N-dealkylation sites (tertiary alicyclic amines) is 1. The van der Waals surface area contributed by atoms with Gasteiger partial charge in [0.25, 0.3) is 5.56 Å². The molecule has 1 atom stereocenters. The number of aliphatic hydroxyl groups is 1. The molecule has 11 nitrogen and oxygen atoms in total. The number of oxazole rings is 1. The summed E-state index contributed by atoms with van der Waals surface area (Å²) in [6.45, 7) is 9.04. The van der Waals surface area contributed by atoms with E-state index in [1.54, 1.807) is 27.9 Å². The maximum atomic E-state index is 14.3. The molecule has 1 fully saturated rings. The first-order valence-corrected chi connectivity index (χ1v) is 14.2. The fourth-order valence-electron chi connectivity index (χ4n) is 5.29. The molecule has 1 amide bonds. The predicted octanol–water partition coefficient (Wildman–Crippen LogP) is 3.30. The second-order valence-corrected chi connectivity index (χ2v) is 11.9. The van der Waals surface area contributed by atoms with Gasteiger partial charge in [0, 0.05) is 18.7 Å². The average Bonchev–Trinajstić information content (AvgIpc) is 3.56. The SMILES string of the molecule is COc1ccccc1C(Cn1c(=O)n(C(C)(C)C(=O)N2CC(O)C2)c(=O)c2c(C)c(-c3ncco3)sc21)OC(C)C. The Balaban J connectivity index is 1.76. The molecule has 4 heterocycles. The van der Waals surface area contributed by atoms with Crippen LogP contribution in [0, 0.1) is 6.92 Å². The van der Waals surface area contributed by atoms with Crippen LogP contribution in [0.1, 0.15) is 44.9 Å². The molecule has 0 radical (unpaired) electrons. The number of fused-ring (bicyclic) bond motifs is 1. The number of para-hydroxylation sites is 1. The van der Waals surface area contributed by atoms with Crippen LogP contribution in [0.4, 0.5) is 0 Å². The van der Waals surface area contributed by atoms with Gasteiger partial charge < -0.3 is 23.9 Å². The number of carbonyl (C=O) groups is 1. The normalized spacial score (nSPS) is 15.0. The van der Waals surface area contributed by atoms with E-state index < -0.39 is 34.9 Å². The van der Waals surface area contributed by atoms with Gasteiger partial charge in [-0.15, -0.1) is 11.3 Å².